The molecule has 0 spiro atoms. The second-order valence-corrected chi connectivity index (χ2v) is 12.7. The normalized spacial score (nSPS) is 12.0. The Bertz CT molecular complexity index is 3020. The van der Waals surface area contributed by atoms with Gasteiger partial charge in [0.05, 0.1) is 27.6 Å². The lowest BCUT2D eigenvalue weighted by Gasteiger charge is -2.11. The predicted octanol–water partition coefficient (Wildman–Crippen LogP) is 10.5. The third-order valence-electron chi connectivity index (χ3n) is 9.92. The molecule has 7 aromatic carbocycles. The van der Waals surface area contributed by atoms with Gasteiger partial charge in [0.15, 0.2) is 11.6 Å². The smallest absolute Gasteiger partial charge is 0.238 e. The molecule has 232 valence electrons. The zero-order valence-electron chi connectivity index (χ0n) is 26.7. The average molecular weight is 639 g/mol. The quantitative estimate of drug-likeness (QED) is 0.192. The van der Waals surface area contributed by atoms with Crippen molar-refractivity contribution in [1.82, 2.24) is 28.9 Å². The highest BCUT2D eigenvalue weighted by Crippen LogP contribution is 2.44. The van der Waals surface area contributed by atoms with Crippen LogP contribution in [0.5, 0.6) is 0 Å². The van der Waals surface area contributed by atoms with Crippen LogP contribution in [0, 0.1) is 0 Å². The molecule has 0 fully saturated rings. The van der Waals surface area contributed by atoms with Crippen LogP contribution in [0.25, 0.3) is 100 Å². The number of rotatable bonds is 4. The summed E-state index contributed by atoms with van der Waals surface area (Å²) in [7, 11) is 0. The first-order chi connectivity index (χ1) is 24.8. The van der Waals surface area contributed by atoms with Gasteiger partial charge in [-0.05, 0) is 40.4 Å². The number of fused-ring (bicyclic) bond motifs is 4. The maximum atomic E-state index is 5.39. The van der Waals surface area contributed by atoms with Gasteiger partial charge in [-0.1, -0.05) is 133 Å². The Hall–Kier alpha value is -6.92. The molecule has 11 aromatic rings. The van der Waals surface area contributed by atoms with Gasteiger partial charge in [-0.25, -0.2) is 9.97 Å². The number of nitrogens with zero attached hydrogens (tertiary/aromatic N) is 6. The molecule has 0 aliphatic carbocycles. The minimum atomic E-state index is 0.573. The summed E-state index contributed by atoms with van der Waals surface area (Å²) >= 11 is 0. The van der Waals surface area contributed by atoms with Crippen LogP contribution in [0.15, 0.2) is 158 Å². The molecule has 0 aliphatic heterocycles. The Morgan fingerprint density at radius 1 is 0.400 bits per heavy atom. The van der Waals surface area contributed by atoms with Gasteiger partial charge in [-0.3, -0.25) is 8.97 Å². The van der Waals surface area contributed by atoms with Crippen LogP contribution in [0.3, 0.4) is 0 Å². The van der Waals surface area contributed by atoms with E-state index in [1.165, 1.54) is 16.2 Å². The Morgan fingerprint density at radius 3 is 1.78 bits per heavy atom. The molecule has 0 radical (unpaired) electrons. The highest BCUT2D eigenvalue weighted by molar-refractivity contribution is 6.30. The van der Waals surface area contributed by atoms with E-state index in [1.807, 2.05) is 60.7 Å². The summed E-state index contributed by atoms with van der Waals surface area (Å²) in [6, 6.07) is 54.8. The summed E-state index contributed by atoms with van der Waals surface area (Å²) in [5.74, 6) is 2.75. The fourth-order valence-corrected chi connectivity index (χ4v) is 7.78. The molecule has 50 heavy (non-hydrogen) atoms. The van der Waals surface area contributed by atoms with Gasteiger partial charge >= 0.3 is 0 Å². The topological polar surface area (TPSA) is 60.9 Å². The minimum Gasteiger partial charge on any atom is -0.291 e. The van der Waals surface area contributed by atoms with Crippen molar-refractivity contribution in [2.75, 3.05) is 0 Å². The summed E-state index contributed by atoms with van der Waals surface area (Å²) in [6.07, 6.45) is 0. The largest absolute Gasteiger partial charge is 0.291 e. The Balaban J connectivity index is 1.32. The molecule has 0 saturated heterocycles. The summed E-state index contributed by atoms with van der Waals surface area (Å²) in [4.78, 5) is 20.7. The van der Waals surface area contributed by atoms with Crippen LogP contribution >= 0.6 is 0 Å². The summed E-state index contributed by atoms with van der Waals surface area (Å²) in [5.41, 5.74) is 8.15. The van der Waals surface area contributed by atoms with Crippen molar-refractivity contribution in [3.05, 3.63) is 158 Å². The van der Waals surface area contributed by atoms with Crippen molar-refractivity contribution >= 4 is 59.9 Å². The second-order valence-electron chi connectivity index (χ2n) is 12.7. The van der Waals surface area contributed by atoms with Crippen LogP contribution in [0.4, 0.5) is 0 Å². The lowest BCUT2D eigenvalue weighted by Crippen LogP contribution is -2.06. The molecule has 0 unspecified atom stereocenters. The highest BCUT2D eigenvalue weighted by atomic mass is 15.2. The van der Waals surface area contributed by atoms with Gasteiger partial charge in [0.2, 0.25) is 5.95 Å². The maximum Gasteiger partial charge on any atom is 0.238 e. The Morgan fingerprint density at radius 2 is 1.00 bits per heavy atom. The molecule has 0 bridgehead atoms. The first kappa shape index (κ1) is 27.1. The van der Waals surface area contributed by atoms with E-state index >= 15 is 0 Å². The van der Waals surface area contributed by atoms with Gasteiger partial charge in [-0.15, -0.1) is 0 Å². The first-order valence-electron chi connectivity index (χ1n) is 16.8. The highest BCUT2D eigenvalue weighted by Gasteiger charge is 2.25. The first-order valence-corrected chi connectivity index (χ1v) is 16.8. The number of benzene rings is 7. The number of hydrogen-bond donors (Lipinski definition) is 0. The van der Waals surface area contributed by atoms with Crippen LogP contribution in [0.2, 0.25) is 0 Å². The van der Waals surface area contributed by atoms with Crippen molar-refractivity contribution in [2.45, 2.75) is 0 Å². The van der Waals surface area contributed by atoms with Crippen LogP contribution in [0.1, 0.15) is 0 Å². The van der Waals surface area contributed by atoms with Gasteiger partial charge in [0.1, 0.15) is 5.82 Å². The van der Waals surface area contributed by atoms with E-state index in [0.717, 1.165) is 66.3 Å². The third-order valence-corrected chi connectivity index (χ3v) is 9.92. The molecule has 4 heterocycles. The molecule has 0 aliphatic rings. The summed E-state index contributed by atoms with van der Waals surface area (Å²) < 4.78 is 4.58. The fraction of sp³-hybridized carbons (Fsp3) is 0. The third kappa shape index (κ3) is 3.78. The molecule has 0 atom stereocenters. The van der Waals surface area contributed by atoms with Gasteiger partial charge < -0.3 is 0 Å². The van der Waals surface area contributed by atoms with Gasteiger partial charge in [0.25, 0.3) is 0 Å². The SMILES string of the molecule is c1ccc(-c2nc(-c3ccccc3)nc(-n3c4cccc5c6ccccc6n6c(-c7cccc8ccccc78)nc7ccc3c(c54)c76)n2)cc1. The van der Waals surface area contributed by atoms with Crippen molar-refractivity contribution in [2.24, 2.45) is 0 Å². The van der Waals surface area contributed by atoms with E-state index < -0.39 is 0 Å². The number of imidazole rings is 1. The van der Waals surface area contributed by atoms with E-state index in [1.54, 1.807) is 0 Å². The van der Waals surface area contributed by atoms with Crippen LogP contribution in [-0.4, -0.2) is 28.9 Å². The Kier molecular flexibility index (Phi) is 5.57. The molecule has 0 saturated carbocycles. The standard InChI is InChI=1S/C44H26N6/c1-3-14-28(15-4-1)41-46-42(29-16-5-2-6-17-29)48-44(47-41)49-36-24-12-21-32-31-20-9-10-23-35(31)50-40-34(25-26-37(49)39(40)38(32)36)45-43(50)33-22-11-18-27-13-7-8-19-30(27)33/h1-26H. The molecule has 6 nitrogen and oxygen atoms in total. The van der Waals surface area contributed by atoms with Crippen molar-refractivity contribution in [1.29, 1.82) is 0 Å². The van der Waals surface area contributed by atoms with E-state index in [9.17, 15) is 0 Å². The van der Waals surface area contributed by atoms with E-state index in [2.05, 4.69) is 106 Å². The van der Waals surface area contributed by atoms with Crippen molar-refractivity contribution < 1.29 is 0 Å². The minimum absolute atomic E-state index is 0.573. The van der Waals surface area contributed by atoms with Crippen molar-refractivity contribution in [3.63, 3.8) is 0 Å². The second kappa shape index (κ2) is 10.3. The summed E-state index contributed by atoms with van der Waals surface area (Å²) in [6.45, 7) is 0. The lowest BCUT2D eigenvalue weighted by molar-refractivity contribution is 0.954. The Labute approximate surface area is 285 Å². The van der Waals surface area contributed by atoms with E-state index in [4.69, 9.17) is 19.9 Å². The molecule has 4 aromatic heterocycles. The zero-order chi connectivity index (χ0) is 32.8. The number of para-hydroxylation sites is 1. The molecular weight excluding hydrogens is 613 g/mol. The van der Waals surface area contributed by atoms with Gasteiger partial charge in [0, 0.05) is 32.8 Å². The number of hydrogen-bond acceptors (Lipinski definition) is 4. The monoisotopic (exact) mass is 638 g/mol. The molecule has 6 heteroatoms. The lowest BCUT2D eigenvalue weighted by atomic mass is 10.0. The van der Waals surface area contributed by atoms with E-state index in [0.29, 0.717) is 17.6 Å². The average Bonchev–Trinajstić information content (AvgIpc) is 3.70. The van der Waals surface area contributed by atoms with Crippen LogP contribution < -0.4 is 0 Å². The summed E-state index contributed by atoms with van der Waals surface area (Å²) in [5, 5.41) is 6.97. The van der Waals surface area contributed by atoms with Crippen molar-refractivity contribution in [3.8, 4) is 40.1 Å². The molecular formula is C44H26N6. The fourth-order valence-electron chi connectivity index (χ4n) is 7.78. The molecule has 11 rings (SSSR count). The maximum absolute atomic E-state index is 5.39. The van der Waals surface area contributed by atoms with Gasteiger partial charge in [-0.2, -0.15) is 9.97 Å². The molecule has 0 N–H and O–H groups in total. The predicted molar refractivity (Wildman–Crippen MR) is 203 cm³/mol. The zero-order valence-corrected chi connectivity index (χ0v) is 26.7. The van der Waals surface area contributed by atoms with Crippen LogP contribution in [-0.2, 0) is 0 Å². The number of aromatic nitrogens is 6. The molecule has 0 amide bonds. The van der Waals surface area contributed by atoms with E-state index in [-0.39, 0.29) is 0 Å².